The van der Waals surface area contributed by atoms with E-state index in [-0.39, 0.29) is 0 Å². The predicted molar refractivity (Wildman–Crippen MR) is 70.9 cm³/mol. The van der Waals surface area contributed by atoms with Gasteiger partial charge in [0.2, 0.25) is 0 Å². The topological polar surface area (TPSA) is 17.8 Å². The van der Waals surface area contributed by atoms with Crippen LogP contribution in [0.4, 0.5) is 0 Å². The number of aromatic nitrogens is 2. The van der Waals surface area contributed by atoms with E-state index in [0.29, 0.717) is 0 Å². The summed E-state index contributed by atoms with van der Waals surface area (Å²) < 4.78 is 1.94. The average molecular weight is 222 g/mol. The fraction of sp³-hybridized carbons (Fsp3) is 0.133. The largest absolute Gasteiger partial charge is 0.267 e. The van der Waals surface area contributed by atoms with Crippen molar-refractivity contribution in [1.29, 1.82) is 0 Å². The minimum absolute atomic E-state index is 1.19. The van der Waals surface area contributed by atoms with Crippen molar-refractivity contribution < 1.29 is 0 Å². The smallest absolute Gasteiger partial charge is 0.0757 e. The quantitative estimate of drug-likeness (QED) is 0.615. The fourth-order valence-corrected chi connectivity index (χ4v) is 2.20. The van der Waals surface area contributed by atoms with E-state index < -0.39 is 0 Å². The van der Waals surface area contributed by atoms with Crippen LogP contribution in [0.3, 0.4) is 0 Å². The molecule has 2 nitrogen and oxygen atoms in total. The van der Waals surface area contributed by atoms with Crippen LogP contribution < -0.4 is 0 Å². The molecule has 3 aromatic rings. The second-order valence-corrected chi connectivity index (χ2v) is 4.38. The Morgan fingerprint density at radius 2 is 1.76 bits per heavy atom. The lowest BCUT2D eigenvalue weighted by Crippen LogP contribution is -1.91. The molecule has 0 bridgehead atoms. The van der Waals surface area contributed by atoms with Crippen LogP contribution >= 0.6 is 0 Å². The third-order valence-electron chi connectivity index (χ3n) is 3.12. The minimum Gasteiger partial charge on any atom is -0.267 e. The second kappa shape index (κ2) is 3.74. The van der Waals surface area contributed by atoms with E-state index in [9.17, 15) is 0 Å². The highest BCUT2D eigenvalue weighted by molar-refractivity contribution is 5.93. The highest BCUT2D eigenvalue weighted by Crippen LogP contribution is 2.28. The maximum Gasteiger partial charge on any atom is 0.0757 e. The highest BCUT2D eigenvalue weighted by atomic mass is 15.2. The number of benzene rings is 2. The van der Waals surface area contributed by atoms with E-state index in [2.05, 4.69) is 54.5 Å². The Morgan fingerprint density at radius 3 is 2.53 bits per heavy atom. The van der Waals surface area contributed by atoms with Crippen molar-refractivity contribution in [2.45, 2.75) is 6.92 Å². The zero-order chi connectivity index (χ0) is 11.8. The summed E-state index contributed by atoms with van der Waals surface area (Å²) in [5.41, 5.74) is 4.95. The van der Waals surface area contributed by atoms with Crippen LogP contribution in [0.25, 0.3) is 22.0 Å². The Balaban J connectivity index is 2.29. The van der Waals surface area contributed by atoms with Gasteiger partial charge in [0, 0.05) is 18.0 Å². The molecular formula is C15H14N2. The van der Waals surface area contributed by atoms with Gasteiger partial charge in [0.05, 0.1) is 11.7 Å². The molecule has 0 aliphatic rings. The molecule has 0 saturated heterocycles. The molecule has 0 saturated carbocycles. The van der Waals surface area contributed by atoms with Gasteiger partial charge in [0.25, 0.3) is 0 Å². The molecule has 2 heteroatoms. The Morgan fingerprint density at radius 1 is 1.00 bits per heavy atom. The summed E-state index contributed by atoms with van der Waals surface area (Å²) in [6.45, 7) is 2.11. The first-order valence-corrected chi connectivity index (χ1v) is 5.73. The highest BCUT2D eigenvalue weighted by Gasteiger charge is 2.06. The number of fused-ring (bicyclic) bond motifs is 1. The van der Waals surface area contributed by atoms with Gasteiger partial charge in [0.15, 0.2) is 0 Å². The lowest BCUT2D eigenvalue weighted by Gasteiger charge is -2.05. The first kappa shape index (κ1) is 10.1. The van der Waals surface area contributed by atoms with E-state index in [0.717, 1.165) is 0 Å². The Kier molecular flexibility index (Phi) is 2.22. The van der Waals surface area contributed by atoms with Crippen molar-refractivity contribution in [3.05, 3.63) is 54.2 Å². The summed E-state index contributed by atoms with van der Waals surface area (Å²) in [4.78, 5) is 0. The summed E-state index contributed by atoms with van der Waals surface area (Å²) in [6, 6.07) is 14.9. The molecule has 0 spiro atoms. The van der Waals surface area contributed by atoms with Crippen molar-refractivity contribution in [3.63, 3.8) is 0 Å². The molecule has 1 aromatic heterocycles. The summed E-state index contributed by atoms with van der Waals surface area (Å²) in [5.74, 6) is 0. The van der Waals surface area contributed by atoms with Gasteiger partial charge in [-0.1, -0.05) is 48.0 Å². The molecule has 0 aliphatic carbocycles. The maximum absolute atomic E-state index is 4.32. The lowest BCUT2D eigenvalue weighted by molar-refractivity contribution is 0.797. The molecule has 3 rings (SSSR count). The minimum atomic E-state index is 1.19. The molecule has 2 aromatic carbocycles. The third kappa shape index (κ3) is 1.62. The zero-order valence-corrected chi connectivity index (χ0v) is 10.0. The molecule has 0 atom stereocenters. The maximum atomic E-state index is 4.32. The van der Waals surface area contributed by atoms with Crippen molar-refractivity contribution in [2.24, 2.45) is 7.05 Å². The van der Waals surface area contributed by atoms with Gasteiger partial charge in [-0.2, -0.15) is 5.10 Å². The first-order valence-electron chi connectivity index (χ1n) is 5.73. The molecular weight excluding hydrogens is 208 g/mol. The first-order chi connectivity index (χ1) is 8.25. The van der Waals surface area contributed by atoms with E-state index in [1.165, 1.54) is 27.6 Å². The van der Waals surface area contributed by atoms with Crippen molar-refractivity contribution in [1.82, 2.24) is 9.78 Å². The van der Waals surface area contributed by atoms with Crippen LogP contribution in [0.5, 0.6) is 0 Å². The summed E-state index contributed by atoms with van der Waals surface area (Å²) in [6.07, 6.45) is 1.91. The summed E-state index contributed by atoms with van der Waals surface area (Å²) in [5, 5.41) is 5.50. The molecule has 0 aliphatic heterocycles. The van der Waals surface area contributed by atoms with Crippen LogP contribution in [-0.4, -0.2) is 9.78 Å². The number of aryl methyl sites for hydroxylation is 2. The molecule has 0 amide bonds. The van der Waals surface area contributed by atoms with Gasteiger partial charge in [-0.3, -0.25) is 4.68 Å². The molecule has 0 unspecified atom stereocenters. The SMILES string of the molecule is Cc1ccc(-c2cccc3cnn(C)c23)cc1. The standard InChI is InChI=1S/C15H14N2/c1-11-6-8-12(9-7-11)14-5-3-4-13-10-16-17(2)15(13)14/h3-10H,1-2H3. The van der Waals surface area contributed by atoms with Gasteiger partial charge >= 0.3 is 0 Å². The lowest BCUT2D eigenvalue weighted by atomic mass is 10.0. The zero-order valence-electron chi connectivity index (χ0n) is 10.0. The Bertz CT molecular complexity index is 663. The molecule has 0 N–H and O–H groups in total. The van der Waals surface area contributed by atoms with Crippen molar-refractivity contribution in [3.8, 4) is 11.1 Å². The summed E-state index contributed by atoms with van der Waals surface area (Å²) in [7, 11) is 1.99. The van der Waals surface area contributed by atoms with Crippen molar-refractivity contribution >= 4 is 10.9 Å². The van der Waals surface area contributed by atoms with Gasteiger partial charge in [-0.15, -0.1) is 0 Å². The van der Waals surface area contributed by atoms with E-state index >= 15 is 0 Å². The number of nitrogens with zero attached hydrogens (tertiary/aromatic N) is 2. The van der Waals surface area contributed by atoms with E-state index in [1.807, 2.05) is 17.9 Å². The molecule has 0 fully saturated rings. The van der Waals surface area contributed by atoms with E-state index in [4.69, 9.17) is 0 Å². The van der Waals surface area contributed by atoms with Crippen LogP contribution in [-0.2, 0) is 7.05 Å². The van der Waals surface area contributed by atoms with Gasteiger partial charge in [-0.25, -0.2) is 0 Å². The third-order valence-corrected chi connectivity index (χ3v) is 3.12. The number of hydrogen-bond acceptors (Lipinski definition) is 1. The van der Waals surface area contributed by atoms with Crippen molar-refractivity contribution in [2.75, 3.05) is 0 Å². The molecule has 17 heavy (non-hydrogen) atoms. The Hall–Kier alpha value is -2.09. The monoisotopic (exact) mass is 222 g/mol. The molecule has 0 radical (unpaired) electrons. The Labute approximate surface area is 101 Å². The van der Waals surface area contributed by atoms with Gasteiger partial charge < -0.3 is 0 Å². The van der Waals surface area contributed by atoms with Crippen LogP contribution in [0, 0.1) is 6.92 Å². The normalized spacial score (nSPS) is 10.9. The number of para-hydroxylation sites is 1. The number of rotatable bonds is 1. The van der Waals surface area contributed by atoms with Crippen LogP contribution in [0.15, 0.2) is 48.7 Å². The second-order valence-electron chi connectivity index (χ2n) is 4.38. The number of hydrogen-bond donors (Lipinski definition) is 0. The van der Waals surface area contributed by atoms with Crippen LogP contribution in [0.2, 0.25) is 0 Å². The van der Waals surface area contributed by atoms with E-state index in [1.54, 1.807) is 0 Å². The predicted octanol–water partition coefficient (Wildman–Crippen LogP) is 3.55. The van der Waals surface area contributed by atoms with Crippen LogP contribution in [0.1, 0.15) is 5.56 Å². The van der Waals surface area contributed by atoms with Gasteiger partial charge in [0.1, 0.15) is 0 Å². The fourth-order valence-electron chi connectivity index (χ4n) is 2.20. The van der Waals surface area contributed by atoms with Gasteiger partial charge in [-0.05, 0) is 12.5 Å². The summed E-state index contributed by atoms with van der Waals surface area (Å²) >= 11 is 0. The molecule has 1 heterocycles. The average Bonchev–Trinajstić information content (AvgIpc) is 2.73. The molecule has 84 valence electrons.